The maximum atomic E-state index is 12.5. The van der Waals surface area contributed by atoms with Gasteiger partial charge in [-0.15, -0.1) is 0 Å². The van der Waals surface area contributed by atoms with Crippen molar-refractivity contribution in [1.82, 2.24) is 5.32 Å². The van der Waals surface area contributed by atoms with Crippen molar-refractivity contribution in [2.75, 3.05) is 6.61 Å². The van der Waals surface area contributed by atoms with Gasteiger partial charge in [-0.1, -0.05) is 37.6 Å². The number of carbonyl (C=O) groups is 1. The van der Waals surface area contributed by atoms with E-state index in [1.54, 1.807) is 0 Å². The summed E-state index contributed by atoms with van der Waals surface area (Å²) in [4.78, 5) is 12.5. The number of hydrogen-bond donors (Lipinski definition) is 2. The second-order valence-electron chi connectivity index (χ2n) is 7.32. The van der Waals surface area contributed by atoms with Crippen LogP contribution in [0.25, 0.3) is 0 Å². The van der Waals surface area contributed by atoms with Crippen molar-refractivity contribution in [2.45, 2.75) is 63.8 Å². The lowest BCUT2D eigenvalue weighted by Crippen LogP contribution is -2.45. The van der Waals surface area contributed by atoms with Gasteiger partial charge in [-0.2, -0.15) is 0 Å². The van der Waals surface area contributed by atoms with E-state index in [0.29, 0.717) is 12.3 Å². The van der Waals surface area contributed by atoms with Crippen molar-refractivity contribution in [3.8, 4) is 0 Å². The SMILES string of the molecule is CC1(CO)CCCC1NC(=O)CC1CCCc2ccccc21. The van der Waals surface area contributed by atoms with Crippen LogP contribution in [0.15, 0.2) is 24.3 Å². The monoisotopic (exact) mass is 301 g/mol. The highest BCUT2D eigenvalue weighted by molar-refractivity contribution is 5.77. The van der Waals surface area contributed by atoms with E-state index in [1.807, 2.05) is 0 Å². The summed E-state index contributed by atoms with van der Waals surface area (Å²) >= 11 is 0. The molecule has 3 heteroatoms. The summed E-state index contributed by atoms with van der Waals surface area (Å²) in [5, 5.41) is 12.8. The summed E-state index contributed by atoms with van der Waals surface area (Å²) < 4.78 is 0. The van der Waals surface area contributed by atoms with Crippen molar-refractivity contribution in [3.05, 3.63) is 35.4 Å². The molecule has 1 aromatic rings. The topological polar surface area (TPSA) is 49.3 Å². The van der Waals surface area contributed by atoms with E-state index in [4.69, 9.17) is 0 Å². The Bertz CT molecular complexity index is 542. The molecule has 0 spiro atoms. The predicted octanol–water partition coefficient (Wildman–Crippen LogP) is 3.16. The molecular weight excluding hydrogens is 274 g/mol. The third-order valence-corrected chi connectivity index (χ3v) is 5.70. The minimum absolute atomic E-state index is 0.129. The highest BCUT2D eigenvalue weighted by atomic mass is 16.3. The van der Waals surface area contributed by atoms with Crippen LogP contribution in [0.3, 0.4) is 0 Å². The molecule has 2 aliphatic rings. The fraction of sp³-hybridized carbons (Fsp3) is 0.632. The molecule has 1 aromatic carbocycles. The molecule has 120 valence electrons. The summed E-state index contributed by atoms with van der Waals surface area (Å²) in [5.74, 6) is 0.500. The highest BCUT2D eigenvalue weighted by Gasteiger charge is 2.39. The quantitative estimate of drug-likeness (QED) is 0.897. The van der Waals surface area contributed by atoms with Gasteiger partial charge in [0.15, 0.2) is 0 Å². The lowest BCUT2D eigenvalue weighted by molar-refractivity contribution is -0.123. The van der Waals surface area contributed by atoms with Gasteiger partial charge in [-0.05, 0) is 49.1 Å². The Morgan fingerprint density at radius 2 is 2.14 bits per heavy atom. The van der Waals surface area contributed by atoms with Crippen LogP contribution in [-0.2, 0) is 11.2 Å². The van der Waals surface area contributed by atoms with Crippen molar-refractivity contribution in [1.29, 1.82) is 0 Å². The molecule has 0 aromatic heterocycles. The first-order valence-corrected chi connectivity index (χ1v) is 8.60. The maximum absolute atomic E-state index is 12.5. The van der Waals surface area contributed by atoms with Crippen LogP contribution in [-0.4, -0.2) is 23.7 Å². The van der Waals surface area contributed by atoms with E-state index in [0.717, 1.165) is 32.1 Å². The Kier molecular flexibility index (Phi) is 4.53. The van der Waals surface area contributed by atoms with Crippen LogP contribution in [0.1, 0.15) is 62.5 Å². The second-order valence-corrected chi connectivity index (χ2v) is 7.32. The lowest BCUT2D eigenvalue weighted by atomic mass is 9.80. The fourth-order valence-electron chi connectivity index (χ4n) is 4.21. The summed E-state index contributed by atoms with van der Waals surface area (Å²) in [6.45, 7) is 2.24. The number of hydrogen-bond acceptors (Lipinski definition) is 2. The van der Waals surface area contributed by atoms with Gasteiger partial charge in [-0.3, -0.25) is 4.79 Å². The molecule has 0 saturated heterocycles. The van der Waals surface area contributed by atoms with Crippen LogP contribution < -0.4 is 5.32 Å². The molecule has 0 bridgehead atoms. The lowest BCUT2D eigenvalue weighted by Gasteiger charge is -2.31. The minimum atomic E-state index is -0.139. The molecule has 22 heavy (non-hydrogen) atoms. The average Bonchev–Trinajstić information content (AvgIpc) is 2.89. The number of aliphatic hydroxyl groups is 1. The maximum Gasteiger partial charge on any atom is 0.220 e. The Morgan fingerprint density at radius 3 is 2.95 bits per heavy atom. The van der Waals surface area contributed by atoms with E-state index < -0.39 is 0 Å². The van der Waals surface area contributed by atoms with Crippen LogP contribution in [0.5, 0.6) is 0 Å². The standard InChI is InChI=1S/C19H27NO2/c1-19(13-21)11-5-10-17(19)20-18(22)12-15-8-4-7-14-6-2-3-9-16(14)15/h2-3,6,9,15,17,21H,4-5,7-8,10-13H2,1H3,(H,20,22). The molecular formula is C19H27NO2. The highest BCUT2D eigenvalue weighted by Crippen LogP contribution is 2.38. The number of carbonyl (C=O) groups excluding carboxylic acids is 1. The molecule has 0 radical (unpaired) electrons. The molecule has 0 heterocycles. The smallest absolute Gasteiger partial charge is 0.220 e. The van der Waals surface area contributed by atoms with Crippen LogP contribution >= 0.6 is 0 Å². The Hall–Kier alpha value is -1.35. The van der Waals surface area contributed by atoms with E-state index in [2.05, 4.69) is 36.5 Å². The molecule has 3 rings (SSSR count). The Balaban J connectivity index is 1.63. The fourth-order valence-corrected chi connectivity index (χ4v) is 4.21. The van der Waals surface area contributed by atoms with E-state index >= 15 is 0 Å². The number of benzene rings is 1. The van der Waals surface area contributed by atoms with Crippen LogP contribution in [0.4, 0.5) is 0 Å². The van der Waals surface area contributed by atoms with Gasteiger partial charge in [-0.25, -0.2) is 0 Å². The number of rotatable bonds is 4. The number of fused-ring (bicyclic) bond motifs is 1. The molecule has 3 nitrogen and oxygen atoms in total. The Labute approximate surface area is 133 Å². The summed E-state index contributed by atoms with van der Waals surface area (Å²) in [6, 6.07) is 8.67. The van der Waals surface area contributed by atoms with Crippen molar-refractivity contribution in [3.63, 3.8) is 0 Å². The minimum Gasteiger partial charge on any atom is -0.396 e. The largest absolute Gasteiger partial charge is 0.396 e. The molecule has 1 saturated carbocycles. The second kappa shape index (κ2) is 6.41. The zero-order valence-electron chi connectivity index (χ0n) is 13.5. The molecule has 3 atom stereocenters. The molecule has 1 fully saturated rings. The first-order chi connectivity index (χ1) is 10.6. The van der Waals surface area contributed by atoms with E-state index in [-0.39, 0.29) is 24.0 Å². The van der Waals surface area contributed by atoms with Gasteiger partial charge >= 0.3 is 0 Å². The predicted molar refractivity (Wildman–Crippen MR) is 87.7 cm³/mol. The Morgan fingerprint density at radius 1 is 1.32 bits per heavy atom. The summed E-state index contributed by atoms with van der Waals surface area (Å²) in [5.41, 5.74) is 2.63. The van der Waals surface area contributed by atoms with Gasteiger partial charge < -0.3 is 10.4 Å². The molecule has 1 amide bonds. The van der Waals surface area contributed by atoms with Gasteiger partial charge in [0.1, 0.15) is 0 Å². The van der Waals surface area contributed by atoms with Crippen LogP contribution in [0.2, 0.25) is 0 Å². The zero-order valence-corrected chi connectivity index (χ0v) is 13.5. The third-order valence-electron chi connectivity index (χ3n) is 5.70. The zero-order chi connectivity index (χ0) is 15.6. The summed E-state index contributed by atoms with van der Waals surface area (Å²) in [7, 11) is 0. The first kappa shape index (κ1) is 15.5. The first-order valence-electron chi connectivity index (χ1n) is 8.60. The third kappa shape index (κ3) is 3.05. The van der Waals surface area contributed by atoms with Gasteiger partial charge in [0.25, 0.3) is 0 Å². The summed E-state index contributed by atoms with van der Waals surface area (Å²) in [6.07, 6.45) is 7.08. The van der Waals surface area contributed by atoms with Crippen LogP contribution in [0, 0.1) is 5.41 Å². The normalized spacial score (nSPS) is 30.8. The van der Waals surface area contributed by atoms with Gasteiger partial charge in [0.05, 0.1) is 6.61 Å². The number of aryl methyl sites for hydroxylation is 1. The van der Waals surface area contributed by atoms with Gasteiger partial charge in [0, 0.05) is 17.9 Å². The van der Waals surface area contributed by atoms with E-state index in [1.165, 1.54) is 17.5 Å². The van der Waals surface area contributed by atoms with Crippen molar-refractivity contribution in [2.24, 2.45) is 5.41 Å². The van der Waals surface area contributed by atoms with Crippen molar-refractivity contribution >= 4 is 5.91 Å². The van der Waals surface area contributed by atoms with Crippen molar-refractivity contribution < 1.29 is 9.90 Å². The average molecular weight is 301 g/mol. The molecule has 2 aliphatic carbocycles. The van der Waals surface area contributed by atoms with Gasteiger partial charge in [0.2, 0.25) is 5.91 Å². The molecule has 3 unspecified atom stereocenters. The number of aliphatic hydroxyl groups excluding tert-OH is 1. The molecule has 0 aliphatic heterocycles. The van der Waals surface area contributed by atoms with E-state index in [9.17, 15) is 9.90 Å². The number of nitrogens with one attached hydrogen (secondary N) is 1. The number of amides is 1. The molecule has 2 N–H and O–H groups in total.